The molecule has 66 valence electrons. The van der Waals surface area contributed by atoms with E-state index < -0.39 is 0 Å². The van der Waals surface area contributed by atoms with Crippen molar-refractivity contribution >= 4 is 0 Å². The van der Waals surface area contributed by atoms with Gasteiger partial charge in [0.05, 0.1) is 11.8 Å². The van der Waals surface area contributed by atoms with Crippen molar-refractivity contribution in [2.45, 2.75) is 0 Å². The molecule has 0 spiro atoms. The van der Waals surface area contributed by atoms with E-state index in [1.54, 1.807) is 12.1 Å². The Hall–Kier alpha value is -1.97. The third-order valence-electron chi connectivity index (χ3n) is 1.68. The van der Waals surface area contributed by atoms with Crippen LogP contribution in [0.3, 0.4) is 0 Å². The number of phenolic OH excluding ortho intramolecular Hbond substituents is 2. The highest BCUT2D eigenvalue weighted by molar-refractivity contribution is 5.66. The largest absolute Gasteiger partial charge is 0.508 e. The molecule has 1 heterocycles. The Labute approximate surface area is 74.0 Å². The van der Waals surface area contributed by atoms with Crippen LogP contribution in [-0.2, 0) is 0 Å². The average molecular weight is 177 g/mol. The van der Waals surface area contributed by atoms with E-state index in [0.717, 1.165) is 0 Å². The maximum Gasteiger partial charge on any atom is 0.170 e. The predicted molar refractivity (Wildman–Crippen MR) is 45.3 cm³/mol. The van der Waals surface area contributed by atoms with Gasteiger partial charge < -0.3 is 14.7 Å². The average Bonchev–Trinajstić information content (AvgIpc) is 2.56. The molecule has 0 aliphatic carbocycles. The van der Waals surface area contributed by atoms with E-state index >= 15 is 0 Å². The molecule has 0 aliphatic rings. The van der Waals surface area contributed by atoms with Crippen molar-refractivity contribution in [2.75, 3.05) is 0 Å². The number of aromatic hydroxyl groups is 2. The lowest BCUT2D eigenvalue weighted by atomic mass is 10.1. The van der Waals surface area contributed by atoms with Gasteiger partial charge in [-0.25, -0.2) is 0 Å². The van der Waals surface area contributed by atoms with Gasteiger partial charge >= 0.3 is 0 Å². The molecule has 0 aliphatic heterocycles. The van der Waals surface area contributed by atoms with Crippen LogP contribution in [-0.4, -0.2) is 15.4 Å². The lowest BCUT2D eigenvalue weighted by molar-refractivity contribution is 0.424. The normalized spacial score (nSPS) is 10.2. The van der Waals surface area contributed by atoms with Crippen molar-refractivity contribution in [2.24, 2.45) is 0 Å². The molecule has 1 aromatic heterocycles. The van der Waals surface area contributed by atoms with Crippen LogP contribution in [0.4, 0.5) is 0 Å². The monoisotopic (exact) mass is 177 g/mol. The first-order chi connectivity index (χ1) is 6.27. The zero-order valence-corrected chi connectivity index (χ0v) is 6.64. The van der Waals surface area contributed by atoms with E-state index in [-0.39, 0.29) is 11.5 Å². The van der Waals surface area contributed by atoms with Crippen molar-refractivity contribution in [3.63, 3.8) is 0 Å². The van der Waals surface area contributed by atoms with Gasteiger partial charge in [-0.05, 0) is 12.1 Å². The smallest absolute Gasteiger partial charge is 0.170 e. The summed E-state index contributed by atoms with van der Waals surface area (Å²) in [6.07, 6.45) is 1.49. The number of phenols is 2. The zero-order chi connectivity index (χ0) is 9.26. The molecule has 0 saturated heterocycles. The second kappa shape index (κ2) is 2.82. The van der Waals surface area contributed by atoms with Gasteiger partial charge in [0.2, 0.25) is 0 Å². The lowest BCUT2D eigenvalue weighted by Crippen LogP contribution is -1.75. The van der Waals surface area contributed by atoms with E-state index in [4.69, 9.17) is 9.63 Å². The SMILES string of the molecule is Oc1ccc(-c2ccno2)c(O)c1. The van der Waals surface area contributed by atoms with Crippen molar-refractivity contribution in [3.8, 4) is 22.8 Å². The molecule has 1 aromatic carbocycles. The molecule has 0 unspecified atom stereocenters. The van der Waals surface area contributed by atoms with Gasteiger partial charge in [-0.1, -0.05) is 5.16 Å². The summed E-state index contributed by atoms with van der Waals surface area (Å²) >= 11 is 0. The van der Waals surface area contributed by atoms with Crippen LogP contribution in [0.5, 0.6) is 11.5 Å². The molecule has 0 fully saturated rings. The molecule has 4 heteroatoms. The zero-order valence-electron chi connectivity index (χ0n) is 6.64. The molecule has 2 aromatic rings. The number of rotatable bonds is 1. The van der Waals surface area contributed by atoms with E-state index in [9.17, 15) is 5.11 Å². The minimum atomic E-state index is -0.0308. The summed E-state index contributed by atoms with van der Waals surface area (Å²) < 4.78 is 4.85. The first-order valence-corrected chi connectivity index (χ1v) is 3.70. The Morgan fingerprint density at radius 3 is 2.62 bits per heavy atom. The van der Waals surface area contributed by atoms with E-state index in [2.05, 4.69) is 5.16 Å². The van der Waals surface area contributed by atoms with Gasteiger partial charge in [0.15, 0.2) is 5.76 Å². The fourth-order valence-electron chi connectivity index (χ4n) is 1.08. The highest BCUT2D eigenvalue weighted by Gasteiger charge is 2.07. The summed E-state index contributed by atoms with van der Waals surface area (Å²) in [7, 11) is 0. The Balaban J connectivity index is 2.53. The van der Waals surface area contributed by atoms with Crippen LogP contribution in [0.15, 0.2) is 35.0 Å². The lowest BCUT2D eigenvalue weighted by Gasteiger charge is -1.99. The first-order valence-electron chi connectivity index (χ1n) is 3.70. The minimum Gasteiger partial charge on any atom is -0.508 e. The van der Waals surface area contributed by atoms with Gasteiger partial charge in [-0.3, -0.25) is 0 Å². The predicted octanol–water partition coefficient (Wildman–Crippen LogP) is 1.75. The molecule has 0 atom stereocenters. The van der Waals surface area contributed by atoms with Crippen LogP contribution in [0.1, 0.15) is 0 Å². The second-order valence-corrected chi connectivity index (χ2v) is 2.58. The molecule has 4 nitrogen and oxygen atoms in total. The van der Waals surface area contributed by atoms with E-state index in [0.29, 0.717) is 11.3 Å². The van der Waals surface area contributed by atoms with Gasteiger partial charge in [-0.2, -0.15) is 0 Å². The molecule has 13 heavy (non-hydrogen) atoms. The Morgan fingerprint density at radius 2 is 2.00 bits per heavy atom. The Kier molecular flexibility index (Phi) is 1.66. The molecular weight excluding hydrogens is 170 g/mol. The van der Waals surface area contributed by atoms with Crippen molar-refractivity contribution in [3.05, 3.63) is 30.5 Å². The van der Waals surface area contributed by atoms with Crippen molar-refractivity contribution in [1.82, 2.24) is 5.16 Å². The summed E-state index contributed by atoms with van der Waals surface area (Å²) in [6.45, 7) is 0. The summed E-state index contributed by atoms with van der Waals surface area (Å²) in [6, 6.07) is 5.91. The highest BCUT2D eigenvalue weighted by Crippen LogP contribution is 2.31. The summed E-state index contributed by atoms with van der Waals surface area (Å²) in [4.78, 5) is 0. The standard InChI is InChI=1S/C9H7NO3/c11-6-1-2-7(8(12)5-6)9-3-4-10-13-9/h1-5,11-12H. The number of benzene rings is 1. The molecule has 0 saturated carbocycles. The second-order valence-electron chi connectivity index (χ2n) is 2.58. The van der Waals surface area contributed by atoms with Crippen molar-refractivity contribution in [1.29, 1.82) is 0 Å². The fraction of sp³-hybridized carbons (Fsp3) is 0. The molecule has 0 radical (unpaired) electrons. The van der Waals surface area contributed by atoms with Crippen LogP contribution >= 0.6 is 0 Å². The van der Waals surface area contributed by atoms with Crippen LogP contribution in [0.2, 0.25) is 0 Å². The quantitative estimate of drug-likeness (QED) is 0.696. The molecule has 0 amide bonds. The summed E-state index contributed by atoms with van der Waals surface area (Å²) in [5, 5.41) is 22.0. The summed E-state index contributed by atoms with van der Waals surface area (Å²) in [5.74, 6) is 0.454. The summed E-state index contributed by atoms with van der Waals surface area (Å²) in [5.41, 5.74) is 0.510. The number of hydrogen-bond donors (Lipinski definition) is 2. The third kappa shape index (κ3) is 1.33. The first kappa shape index (κ1) is 7.67. The molecule has 2 N–H and O–H groups in total. The van der Waals surface area contributed by atoms with Gasteiger partial charge in [0.1, 0.15) is 11.5 Å². The third-order valence-corrected chi connectivity index (χ3v) is 1.68. The number of aromatic nitrogens is 1. The van der Waals surface area contributed by atoms with Gasteiger partial charge in [0, 0.05) is 12.1 Å². The Bertz CT molecular complexity index is 409. The van der Waals surface area contributed by atoms with Crippen LogP contribution in [0.25, 0.3) is 11.3 Å². The van der Waals surface area contributed by atoms with Gasteiger partial charge in [-0.15, -0.1) is 0 Å². The van der Waals surface area contributed by atoms with Crippen LogP contribution < -0.4 is 0 Å². The topological polar surface area (TPSA) is 66.5 Å². The number of hydrogen-bond acceptors (Lipinski definition) is 4. The van der Waals surface area contributed by atoms with E-state index in [1.807, 2.05) is 0 Å². The molecular formula is C9H7NO3. The Morgan fingerprint density at radius 1 is 1.15 bits per heavy atom. The molecule has 2 rings (SSSR count). The molecule has 0 bridgehead atoms. The fourth-order valence-corrected chi connectivity index (χ4v) is 1.08. The van der Waals surface area contributed by atoms with Crippen LogP contribution in [0, 0.1) is 0 Å². The van der Waals surface area contributed by atoms with E-state index in [1.165, 1.54) is 18.3 Å². The highest BCUT2D eigenvalue weighted by atomic mass is 16.5. The maximum atomic E-state index is 9.42. The number of nitrogens with zero attached hydrogens (tertiary/aromatic N) is 1. The van der Waals surface area contributed by atoms with Gasteiger partial charge in [0.25, 0.3) is 0 Å². The minimum absolute atomic E-state index is 0.0146. The maximum absolute atomic E-state index is 9.42. The van der Waals surface area contributed by atoms with Crippen molar-refractivity contribution < 1.29 is 14.7 Å².